The highest BCUT2D eigenvalue weighted by molar-refractivity contribution is 6.19. The second-order valence-electron chi connectivity index (χ2n) is 3.67. The zero-order chi connectivity index (χ0) is 12.7. The van der Waals surface area contributed by atoms with Crippen LogP contribution in [0.15, 0.2) is 66.3 Å². The number of rotatable bonds is 5. The quantitative estimate of drug-likeness (QED) is 0.330. The van der Waals surface area contributed by atoms with E-state index in [1.165, 1.54) is 0 Å². The molecule has 1 rings (SSSR count). The van der Waals surface area contributed by atoms with Crippen LogP contribution in [0, 0.1) is 0 Å². The van der Waals surface area contributed by atoms with Crippen molar-refractivity contribution in [3.05, 3.63) is 71.8 Å². The summed E-state index contributed by atoms with van der Waals surface area (Å²) in [7, 11) is 0. The minimum atomic E-state index is -0.0285. The summed E-state index contributed by atoms with van der Waals surface area (Å²) in [4.78, 5) is 12.1. The minimum absolute atomic E-state index is 0.0285. The molecule has 1 aromatic rings. The summed E-state index contributed by atoms with van der Waals surface area (Å²) < 4.78 is 0. The number of hydrogen-bond donors (Lipinski definition) is 0. The van der Waals surface area contributed by atoms with Crippen LogP contribution in [0.4, 0.5) is 0 Å². The minimum Gasteiger partial charge on any atom is -0.289 e. The lowest BCUT2D eigenvalue weighted by Gasteiger charge is -2.00. The van der Waals surface area contributed by atoms with Gasteiger partial charge in [0, 0.05) is 17.0 Å². The molecule has 0 saturated heterocycles. The number of carbonyl (C=O) groups is 1. The SMILES string of the molecule is C=C/C(=C\C=C(/C)CCl)C(=O)c1ccccc1. The summed E-state index contributed by atoms with van der Waals surface area (Å²) in [6.45, 7) is 5.57. The third kappa shape index (κ3) is 4.04. The van der Waals surface area contributed by atoms with Crippen LogP contribution >= 0.6 is 11.6 Å². The molecule has 0 amide bonds. The normalized spacial score (nSPS) is 12.4. The van der Waals surface area contributed by atoms with Crippen LogP contribution in [0.1, 0.15) is 17.3 Å². The van der Waals surface area contributed by atoms with E-state index in [0.717, 1.165) is 5.57 Å². The van der Waals surface area contributed by atoms with Gasteiger partial charge in [-0.05, 0) is 6.92 Å². The highest BCUT2D eigenvalue weighted by atomic mass is 35.5. The van der Waals surface area contributed by atoms with Crippen LogP contribution in [-0.4, -0.2) is 11.7 Å². The molecule has 88 valence electrons. The molecule has 0 saturated carbocycles. The number of benzene rings is 1. The molecule has 17 heavy (non-hydrogen) atoms. The maximum atomic E-state index is 12.1. The molecule has 0 heterocycles. The van der Waals surface area contributed by atoms with Crippen LogP contribution in [0.5, 0.6) is 0 Å². The molecular weight excluding hydrogens is 232 g/mol. The van der Waals surface area contributed by atoms with Gasteiger partial charge in [0.15, 0.2) is 5.78 Å². The number of carbonyl (C=O) groups excluding carboxylic acids is 1. The number of alkyl halides is 1. The standard InChI is InChI=1S/C15H15ClO/c1-3-13(10-9-12(2)11-16)15(17)14-7-5-4-6-8-14/h3-10H,1,11H2,2H3/b12-9+,13-10+. The number of allylic oxidation sites excluding steroid dienone is 5. The molecule has 0 aromatic heterocycles. The predicted molar refractivity (Wildman–Crippen MR) is 73.5 cm³/mol. The highest BCUT2D eigenvalue weighted by Crippen LogP contribution is 2.10. The molecule has 1 aromatic carbocycles. The van der Waals surface area contributed by atoms with E-state index in [2.05, 4.69) is 6.58 Å². The Bertz CT molecular complexity index is 455. The third-order valence-corrected chi connectivity index (χ3v) is 2.70. The van der Waals surface area contributed by atoms with E-state index in [0.29, 0.717) is 17.0 Å². The van der Waals surface area contributed by atoms with Crippen molar-refractivity contribution in [2.75, 3.05) is 5.88 Å². The van der Waals surface area contributed by atoms with E-state index >= 15 is 0 Å². The number of hydrogen-bond acceptors (Lipinski definition) is 1. The molecule has 0 bridgehead atoms. The third-order valence-electron chi connectivity index (χ3n) is 2.28. The Kier molecular flexibility index (Phi) is 5.44. The van der Waals surface area contributed by atoms with Crippen LogP contribution < -0.4 is 0 Å². The molecule has 0 N–H and O–H groups in total. The molecule has 0 fully saturated rings. The van der Waals surface area contributed by atoms with Gasteiger partial charge in [-0.15, -0.1) is 11.6 Å². The largest absolute Gasteiger partial charge is 0.289 e. The molecule has 2 heteroatoms. The topological polar surface area (TPSA) is 17.1 Å². The van der Waals surface area contributed by atoms with Crippen molar-refractivity contribution in [2.45, 2.75) is 6.92 Å². The van der Waals surface area contributed by atoms with Gasteiger partial charge in [-0.25, -0.2) is 0 Å². The van der Waals surface area contributed by atoms with E-state index in [1.54, 1.807) is 24.3 Å². The van der Waals surface area contributed by atoms with Gasteiger partial charge < -0.3 is 0 Å². The van der Waals surface area contributed by atoms with Crippen LogP contribution in [0.3, 0.4) is 0 Å². The molecule has 0 aliphatic heterocycles. The first-order valence-electron chi connectivity index (χ1n) is 5.34. The van der Waals surface area contributed by atoms with Crippen molar-refractivity contribution in [2.24, 2.45) is 0 Å². The van der Waals surface area contributed by atoms with E-state index in [4.69, 9.17) is 11.6 Å². The second kappa shape index (κ2) is 6.87. The molecule has 0 aliphatic carbocycles. The van der Waals surface area contributed by atoms with Gasteiger partial charge in [0.1, 0.15) is 0 Å². The fourth-order valence-electron chi connectivity index (χ4n) is 1.27. The van der Waals surface area contributed by atoms with E-state index < -0.39 is 0 Å². The molecule has 0 unspecified atom stereocenters. The van der Waals surface area contributed by atoms with Crippen molar-refractivity contribution in [1.82, 2.24) is 0 Å². The summed E-state index contributed by atoms with van der Waals surface area (Å²) >= 11 is 5.67. The van der Waals surface area contributed by atoms with Gasteiger partial charge >= 0.3 is 0 Å². The van der Waals surface area contributed by atoms with Crippen molar-refractivity contribution < 1.29 is 4.79 Å². The smallest absolute Gasteiger partial charge is 0.192 e. The van der Waals surface area contributed by atoms with E-state index in [1.807, 2.05) is 31.2 Å². The maximum absolute atomic E-state index is 12.1. The lowest BCUT2D eigenvalue weighted by atomic mass is 10.0. The monoisotopic (exact) mass is 246 g/mol. The Hall–Kier alpha value is -1.60. The molecule has 0 radical (unpaired) electrons. The molecule has 0 atom stereocenters. The summed E-state index contributed by atoms with van der Waals surface area (Å²) in [5.41, 5.74) is 2.24. The molecule has 0 aliphatic rings. The van der Waals surface area contributed by atoms with Gasteiger partial charge in [-0.2, -0.15) is 0 Å². The van der Waals surface area contributed by atoms with Gasteiger partial charge in [0.05, 0.1) is 0 Å². The first-order chi connectivity index (χ1) is 8.19. The summed E-state index contributed by atoms with van der Waals surface area (Å²) in [6.07, 6.45) is 5.15. The lowest BCUT2D eigenvalue weighted by molar-refractivity contribution is 0.103. The van der Waals surface area contributed by atoms with Gasteiger partial charge in [-0.3, -0.25) is 4.79 Å². The zero-order valence-corrected chi connectivity index (χ0v) is 10.6. The van der Waals surface area contributed by atoms with Gasteiger partial charge in [-0.1, -0.05) is 60.7 Å². The first kappa shape index (κ1) is 13.5. The van der Waals surface area contributed by atoms with Crippen molar-refractivity contribution in [3.8, 4) is 0 Å². The van der Waals surface area contributed by atoms with E-state index in [9.17, 15) is 4.79 Å². The number of halogens is 1. The summed E-state index contributed by atoms with van der Waals surface area (Å²) in [5.74, 6) is 0.430. The lowest BCUT2D eigenvalue weighted by Crippen LogP contribution is -2.00. The Labute approximate surface area is 107 Å². The van der Waals surface area contributed by atoms with Crippen LogP contribution in [0.25, 0.3) is 0 Å². The average Bonchev–Trinajstić information content (AvgIpc) is 2.39. The van der Waals surface area contributed by atoms with Gasteiger partial charge in [0.2, 0.25) is 0 Å². The maximum Gasteiger partial charge on any atom is 0.192 e. The van der Waals surface area contributed by atoms with Gasteiger partial charge in [0.25, 0.3) is 0 Å². The van der Waals surface area contributed by atoms with Crippen molar-refractivity contribution in [3.63, 3.8) is 0 Å². The summed E-state index contributed by atoms with van der Waals surface area (Å²) in [6, 6.07) is 9.14. The van der Waals surface area contributed by atoms with Crippen LogP contribution in [-0.2, 0) is 0 Å². The molecular formula is C15H15ClO. The Morgan fingerprint density at radius 3 is 2.47 bits per heavy atom. The number of Topliss-reactive ketones (excluding diaryl/α,β-unsaturated/α-hetero) is 1. The molecule has 1 nitrogen and oxygen atoms in total. The zero-order valence-electron chi connectivity index (χ0n) is 9.82. The fourth-order valence-corrected chi connectivity index (χ4v) is 1.36. The van der Waals surface area contributed by atoms with Crippen molar-refractivity contribution in [1.29, 1.82) is 0 Å². The number of ketones is 1. The molecule has 0 spiro atoms. The summed E-state index contributed by atoms with van der Waals surface area (Å²) in [5, 5.41) is 0. The van der Waals surface area contributed by atoms with E-state index in [-0.39, 0.29) is 5.78 Å². The van der Waals surface area contributed by atoms with Crippen molar-refractivity contribution >= 4 is 17.4 Å². The first-order valence-corrected chi connectivity index (χ1v) is 5.88. The Morgan fingerprint density at radius 1 is 1.29 bits per heavy atom. The fraction of sp³-hybridized carbons (Fsp3) is 0.133. The van der Waals surface area contributed by atoms with Crippen LogP contribution in [0.2, 0.25) is 0 Å². The Morgan fingerprint density at radius 2 is 1.94 bits per heavy atom. The highest BCUT2D eigenvalue weighted by Gasteiger charge is 2.07. The average molecular weight is 247 g/mol. The Balaban J connectivity index is 2.97. The second-order valence-corrected chi connectivity index (χ2v) is 3.94. The predicted octanol–water partition coefficient (Wildman–Crippen LogP) is 4.17.